The lowest BCUT2D eigenvalue weighted by Crippen LogP contribution is -2.39. The largest absolute Gasteiger partial charge is 0.389 e. The molecule has 0 saturated heterocycles. The second-order valence-electron chi connectivity index (χ2n) is 14.0. The predicted molar refractivity (Wildman–Crippen MR) is 203 cm³/mol. The molecule has 0 heterocycles. The average molecular weight is 761 g/mol. The van der Waals surface area contributed by atoms with Gasteiger partial charge in [0.2, 0.25) is 0 Å². The molecule has 0 spiro atoms. The van der Waals surface area contributed by atoms with E-state index in [-0.39, 0.29) is 64.1 Å². The zero-order chi connectivity index (χ0) is 37.4. The normalized spacial score (nSPS) is 13.8. The second kappa shape index (κ2) is 33.2. The standard InChI is InChI=1S/C36H76N2O10S2/c1-3-5-7-9-11-13-15-17-19-21-23-37(25-29-49(41,42)43)31-35(39)33-47-27-28-48-34-36(40)32-38(26-30-50(44,45)46)24-22-20-18-16-14-12-10-8-6-4-2/h35-36,39-40H,3-34H2,1-2H3,(H,41,42,43)(H,44,45,46). The summed E-state index contributed by atoms with van der Waals surface area (Å²) < 4.78 is 74.8. The number of hydrogen-bond acceptors (Lipinski definition) is 10. The third kappa shape index (κ3) is 37.3. The third-order valence-electron chi connectivity index (χ3n) is 8.92. The fraction of sp³-hybridized carbons (Fsp3) is 1.00. The van der Waals surface area contributed by atoms with Crippen LogP contribution in [0.4, 0.5) is 0 Å². The number of hydrogen-bond donors (Lipinski definition) is 4. The Balaban J connectivity index is 4.31. The Morgan fingerprint density at radius 2 is 0.740 bits per heavy atom. The molecule has 2 unspecified atom stereocenters. The van der Waals surface area contributed by atoms with Crippen molar-refractivity contribution in [3.8, 4) is 0 Å². The summed E-state index contributed by atoms with van der Waals surface area (Å²) >= 11 is 0. The summed E-state index contributed by atoms with van der Waals surface area (Å²) in [4.78, 5) is 3.70. The van der Waals surface area contributed by atoms with Gasteiger partial charge in [-0.05, 0) is 25.9 Å². The predicted octanol–water partition coefficient (Wildman–Crippen LogP) is 5.96. The van der Waals surface area contributed by atoms with Crippen LogP contribution < -0.4 is 0 Å². The van der Waals surface area contributed by atoms with Gasteiger partial charge in [-0.2, -0.15) is 16.8 Å². The van der Waals surface area contributed by atoms with Gasteiger partial charge in [-0.1, -0.05) is 129 Å². The molecule has 0 fully saturated rings. The van der Waals surface area contributed by atoms with E-state index in [0.29, 0.717) is 13.1 Å². The summed E-state index contributed by atoms with van der Waals surface area (Å²) in [7, 11) is -8.21. The zero-order valence-corrected chi connectivity index (χ0v) is 33.4. The SMILES string of the molecule is CCCCCCCCCCCCN(CCS(=O)(=O)O)CC(O)COCCOCC(O)CN(CCCCCCCCCCCC)CCS(=O)(=O)O. The second-order valence-corrected chi connectivity index (χ2v) is 17.1. The minimum Gasteiger partial charge on any atom is -0.389 e. The number of nitrogens with zero attached hydrogens (tertiary/aromatic N) is 2. The van der Waals surface area contributed by atoms with Crippen molar-refractivity contribution < 1.29 is 45.6 Å². The quantitative estimate of drug-likeness (QED) is 0.0428. The van der Waals surface area contributed by atoms with Gasteiger partial charge in [0.15, 0.2) is 0 Å². The molecule has 0 saturated carbocycles. The number of rotatable bonds is 39. The van der Waals surface area contributed by atoms with Gasteiger partial charge >= 0.3 is 0 Å². The average Bonchev–Trinajstić information content (AvgIpc) is 3.04. The molecule has 0 bridgehead atoms. The summed E-state index contributed by atoms with van der Waals surface area (Å²) in [5.41, 5.74) is 0. The molecule has 4 N–H and O–H groups in total. The maximum absolute atomic E-state index is 11.3. The fourth-order valence-corrected chi connectivity index (χ4v) is 6.96. The first-order valence-electron chi connectivity index (χ1n) is 19.7. The molecule has 0 amide bonds. The summed E-state index contributed by atoms with van der Waals surface area (Å²) in [6.45, 7) is 6.87. The molecular weight excluding hydrogens is 685 g/mol. The molecule has 50 heavy (non-hydrogen) atoms. The smallest absolute Gasteiger partial charge is 0.266 e. The minimum absolute atomic E-state index is 0.0363. The lowest BCUT2D eigenvalue weighted by molar-refractivity contribution is -0.0279. The van der Waals surface area contributed by atoms with Crippen LogP contribution in [0.25, 0.3) is 0 Å². The van der Waals surface area contributed by atoms with Crippen molar-refractivity contribution in [3.05, 3.63) is 0 Å². The molecule has 302 valence electrons. The molecule has 14 heteroatoms. The van der Waals surface area contributed by atoms with Gasteiger partial charge in [0.1, 0.15) is 0 Å². The summed E-state index contributed by atoms with van der Waals surface area (Å²) in [6.07, 6.45) is 22.1. The van der Waals surface area contributed by atoms with Crippen molar-refractivity contribution in [2.24, 2.45) is 0 Å². The van der Waals surface area contributed by atoms with E-state index in [1.165, 1.54) is 89.9 Å². The van der Waals surface area contributed by atoms with Gasteiger partial charge in [-0.25, -0.2) is 0 Å². The van der Waals surface area contributed by atoms with Gasteiger partial charge < -0.3 is 19.7 Å². The van der Waals surface area contributed by atoms with Crippen LogP contribution in [-0.4, -0.2) is 135 Å². The van der Waals surface area contributed by atoms with E-state index in [4.69, 9.17) is 9.47 Å². The van der Waals surface area contributed by atoms with Crippen LogP contribution in [0.5, 0.6) is 0 Å². The van der Waals surface area contributed by atoms with Crippen LogP contribution in [0, 0.1) is 0 Å². The van der Waals surface area contributed by atoms with E-state index in [9.17, 15) is 36.2 Å². The van der Waals surface area contributed by atoms with Gasteiger partial charge in [-0.3, -0.25) is 18.9 Å². The number of aliphatic hydroxyl groups is 2. The first-order valence-corrected chi connectivity index (χ1v) is 22.9. The highest BCUT2D eigenvalue weighted by Crippen LogP contribution is 2.12. The van der Waals surface area contributed by atoms with E-state index >= 15 is 0 Å². The van der Waals surface area contributed by atoms with E-state index < -0.39 is 32.4 Å². The highest BCUT2D eigenvalue weighted by atomic mass is 32.2. The minimum atomic E-state index is -4.10. The summed E-state index contributed by atoms with van der Waals surface area (Å²) in [5, 5.41) is 21.0. The van der Waals surface area contributed by atoms with Crippen LogP contribution >= 0.6 is 0 Å². The molecule has 0 aromatic rings. The van der Waals surface area contributed by atoms with Crippen molar-refractivity contribution >= 4 is 20.2 Å². The van der Waals surface area contributed by atoms with Crippen molar-refractivity contribution in [2.75, 3.05) is 77.2 Å². The molecule has 0 aromatic heterocycles. The first-order chi connectivity index (χ1) is 23.9. The molecule has 0 aromatic carbocycles. The molecule has 12 nitrogen and oxygen atoms in total. The monoisotopic (exact) mass is 760 g/mol. The molecule has 0 aliphatic carbocycles. The van der Waals surface area contributed by atoms with Crippen LogP contribution in [0.15, 0.2) is 0 Å². The topological polar surface area (TPSA) is 174 Å². The van der Waals surface area contributed by atoms with Crippen molar-refractivity contribution in [1.29, 1.82) is 0 Å². The Hall–Kier alpha value is -0.420. The van der Waals surface area contributed by atoms with Crippen LogP contribution in [0.2, 0.25) is 0 Å². The van der Waals surface area contributed by atoms with Gasteiger partial charge in [0.25, 0.3) is 20.2 Å². The van der Waals surface area contributed by atoms with Crippen LogP contribution in [-0.2, 0) is 29.7 Å². The Morgan fingerprint density at radius 1 is 0.460 bits per heavy atom. The molecule has 0 aliphatic heterocycles. The first kappa shape index (κ1) is 49.6. The number of ether oxygens (including phenoxy) is 2. The fourth-order valence-electron chi connectivity index (χ4n) is 5.98. The third-order valence-corrected chi connectivity index (χ3v) is 10.3. The Morgan fingerprint density at radius 3 is 1.02 bits per heavy atom. The molecule has 0 aliphatic rings. The molecule has 0 radical (unpaired) electrons. The zero-order valence-electron chi connectivity index (χ0n) is 31.7. The maximum Gasteiger partial charge on any atom is 0.266 e. The van der Waals surface area contributed by atoms with Gasteiger partial charge in [0, 0.05) is 26.2 Å². The van der Waals surface area contributed by atoms with E-state index in [1.54, 1.807) is 0 Å². The summed E-state index contributed by atoms with van der Waals surface area (Å²) in [5.74, 6) is -0.776. The summed E-state index contributed by atoms with van der Waals surface area (Å²) in [6, 6.07) is 0. The lowest BCUT2D eigenvalue weighted by atomic mass is 10.1. The van der Waals surface area contributed by atoms with Crippen LogP contribution in [0.1, 0.15) is 142 Å². The molecular formula is C36H76N2O10S2. The van der Waals surface area contributed by atoms with E-state index in [0.717, 1.165) is 38.5 Å². The van der Waals surface area contributed by atoms with E-state index in [2.05, 4.69) is 13.8 Å². The Labute approximate surface area is 306 Å². The van der Waals surface area contributed by atoms with E-state index in [1.807, 2.05) is 9.80 Å². The van der Waals surface area contributed by atoms with Crippen molar-refractivity contribution in [3.63, 3.8) is 0 Å². The van der Waals surface area contributed by atoms with Gasteiger partial charge in [-0.15, -0.1) is 0 Å². The lowest BCUT2D eigenvalue weighted by Gasteiger charge is -2.25. The van der Waals surface area contributed by atoms with Crippen molar-refractivity contribution in [2.45, 2.75) is 154 Å². The maximum atomic E-state index is 11.3. The Kier molecular flexibility index (Phi) is 32.9. The Bertz CT molecular complexity index is 881. The van der Waals surface area contributed by atoms with Crippen molar-refractivity contribution in [1.82, 2.24) is 9.80 Å². The molecule has 0 rings (SSSR count). The molecule has 2 atom stereocenters. The van der Waals surface area contributed by atoms with Gasteiger partial charge in [0.05, 0.1) is 50.1 Å². The number of aliphatic hydroxyl groups excluding tert-OH is 2. The van der Waals surface area contributed by atoms with Crippen LogP contribution in [0.3, 0.4) is 0 Å². The number of unbranched alkanes of at least 4 members (excludes halogenated alkanes) is 18. The highest BCUT2D eigenvalue weighted by Gasteiger charge is 2.17. The highest BCUT2D eigenvalue weighted by molar-refractivity contribution is 7.86.